The van der Waals surface area contributed by atoms with E-state index in [0.29, 0.717) is 5.92 Å². The summed E-state index contributed by atoms with van der Waals surface area (Å²) in [7, 11) is 0. The van der Waals surface area contributed by atoms with Crippen LogP contribution in [0.15, 0.2) is 72.8 Å². The molecule has 0 bridgehead atoms. The van der Waals surface area contributed by atoms with Gasteiger partial charge in [-0.25, -0.2) is 0 Å². The number of benzene rings is 3. The maximum absolute atomic E-state index is 2.48. The topological polar surface area (TPSA) is 3.24 Å². The number of rotatable bonds is 7. The summed E-state index contributed by atoms with van der Waals surface area (Å²) < 4.78 is 3.14. The molecule has 0 spiro atoms. The van der Waals surface area contributed by atoms with Gasteiger partial charge in [-0.05, 0) is 0 Å². The van der Waals surface area contributed by atoms with Gasteiger partial charge in [0.1, 0.15) is 0 Å². The second kappa shape index (κ2) is 9.90. The van der Waals surface area contributed by atoms with Gasteiger partial charge in [0.25, 0.3) is 0 Å². The van der Waals surface area contributed by atoms with Crippen LogP contribution in [0.25, 0.3) is 0 Å². The summed E-state index contributed by atoms with van der Waals surface area (Å²) in [4.78, 5) is 17.3. The molecule has 0 saturated heterocycles. The first kappa shape index (κ1) is 24.7. The molecule has 0 fully saturated rings. The molecular formula is C28H39NSn2. The molecule has 1 nitrogen and oxygen atoms in total. The van der Waals surface area contributed by atoms with Crippen molar-refractivity contribution in [3.05, 3.63) is 78.4 Å². The molecule has 1 atom stereocenters. The van der Waals surface area contributed by atoms with Crippen molar-refractivity contribution in [1.82, 2.24) is 0 Å². The van der Waals surface area contributed by atoms with Crippen LogP contribution in [-0.4, -0.2) is 36.8 Å². The number of nitrogens with zero attached hydrogens (tertiary/aromatic N) is 1. The van der Waals surface area contributed by atoms with Crippen LogP contribution in [0, 0.1) is 0 Å². The summed E-state index contributed by atoms with van der Waals surface area (Å²) in [6, 6.07) is 27.9. The molecule has 3 aromatic rings. The zero-order chi connectivity index (χ0) is 22.8. The Hall–Kier alpha value is -0.943. The van der Waals surface area contributed by atoms with Gasteiger partial charge in [0.05, 0.1) is 0 Å². The molecule has 3 heteroatoms. The zero-order valence-corrected chi connectivity index (χ0v) is 26.4. The summed E-state index contributed by atoms with van der Waals surface area (Å²) >= 11 is -4.13. The first-order valence-electron chi connectivity index (χ1n) is 11.6. The molecule has 0 heterocycles. The molecule has 0 N–H and O–H groups in total. The summed E-state index contributed by atoms with van der Waals surface area (Å²) in [6.07, 6.45) is 1.17. The predicted octanol–water partition coefficient (Wildman–Crippen LogP) is 7.76. The Balaban J connectivity index is 2.06. The van der Waals surface area contributed by atoms with Crippen LogP contribution >= 0.6 is 0 Å². The van der Waals surface area contributed by atoms with Crippen molar-refractivity contribution >= 4 is 61.0 Å². The van der Waals surface area contributed by atoms with E-state index in [0.717, 1.165) is 0 Å². The van der Waals surface area contributed by atoms with Crippen LogP contribution < -0.4 is 12.1 Å². The van der Waals surface area contributed by atoms with Crippen LogP contribution in [0.4, 0.5) is 17.1 Å². The van der Waals surface area contributed by atoms with Crippen molar-refractivity contribution in [1.29, 1.82) is 0 Å². The van der Waals surface area contributed by atoms with Gasteiger partial charge in [-0.2, -0.15) is 0 Å². The second-order valence-corrected chi connectivity index (χ2v) is 39.8. The molecule has 0 aliphatic heterocycles. The summed E-state index contributed by atoms with van der Waals surface area (Å²) in [5, 5.41) is 0. The van der Waals surface area contributed by atoms with Crippen LogP contribution in [0.1, 0.15) is 31.7 Å². The Morgan fingerprint density at radius 3 is 1.19 bits per heavy atom. The van der Waals surface area contributed by atoms with E-state index in [4.69, 9.17) is 0 Å². The minimum absolute atomic E-state index is 0.597. The van der Waals surface area contributed by atoms with Crippen LogP contribution in [0.3, 0.4) is 0 Å². The first-order chi connectivity index (χ1) is 14.5. The number of anilines is 3. The van der Waals surface area contributed by atoms with E-state index in [1.165, 1.54) is 29.0 Å². The SMILES string of the molecule is CCC(C)c1ccc(N(c2cc[c]([Sn]([CH3])([CH3])[CH3])cc2)c2cc[c]([Sn]([CH3])([CH3])[CH3])cc2)cc1. The van der Waals surface area contributed by atoms with Gasteiger partial charge in [0.2, 0.25) is 0 Å². The monoisotopic (exact) mass is 629 g/mol. The quantitative estimate of drug-likeness (QED) is 0.242. The average Bonchev–Trinajstić information content (AvgIpc) is 2.73. The Morgan fingerprint density at radius 2 is 0.903 bits per heavy atom. The van der Waals surface area contributed by atoms with Gasteiger partial charge in [-0.15, -0.1) is 0 Å². The first-order valence-corrected chi connectivity index (χ1v) is 31.6. The van der Waals surface area contributed by atoms with Gasteiger partial charge < -0.3 is 0 Å². The molecule has 0 saturated carbocycles. The van der Waals surface area contributed by atoms with E-state index < -0.39 is 36.8 Å². The second-order valence-electron chi connectivity index (χ2n) is 10.8. The van der Waals surface area contributed by atoms with E-state index in [1.54, 1.807) is 7.16 Å². The molecule has 0 amide bonds. The van der Waals surface area contributed by atoms with Crippen LogP contribution in [0.5, 0.6) is 0 Å². The summed E-state index contributed by atoms with van der Waals surface area (Å²) in [5.74, 6) is 0.597. The third-order valence-electron chi connectivity index (χ3n) is 6.32. The van der Waals surface area contributed by atoms with E-state index in [9.17, 15) is 0 Å². The van der Waals surface area contributed by atoms with E-state index in [2.05, 4.69) is 121 Å². The van der Waals surface area contributed by atoms with Gasteiger partial charge in [0, 0.05) is 0 Å². The summed E-state index contributed by atoms with van der Waals surface area (Å²) in [6.45, 7) is 4.56. The van der Waals surface area contributed by atoms with Gasteiger partial charge in [-0.3, -0.25) is 0 Å². The van der Waals surface area contributed by atoms with E-state index >= 15 is 0 Å². The average molecular weight is 627 g/mol. The molecule has 164 valence electrons. The molecule has 0 aliphatic carbocycles. The van der Waals surface area contributed by atoms with Gasteiger partial charge in [-0.1, -0.05) is 0 Å². The van der Waals surface area contributed by atoms with Gasteiger partial charge >= 0.3 is 200 Å². The minimum atomic E-state index is -2.07. The molecule has 3 rings (SSSR count). The van der Waals surface area contributed by atoms with Crippen molar-refractivity contribution in [3.63, 3.8) is 0 Å². The third kappa shape index (κ3) is 6.10. The number of hydrogen-bond acceptors (Lipinski definition) is 1. The van der Waals surface area contributed by atoms with E-state index in [1.807, 2.05) is 0 Å². The van der Waals surface area contributed by atoms with Crippen molar-refractivity contribution in [2.75, 3.05) is 4.90 Å². The van der Waals surface area contributed by atoms with Crippen molar-refractivity contribution in [3.8, 4) is 0 Å². The predicted molar refractivity (Wildman–Crippen MR) is 146 cm³/mol. The fraction of sp³-hybridized carbons (Fsp3) is 0.357. The Kier molecular flexibility index (Phi) is 7.89. The fourth-order valence-electron chi connectivity index (χ4n) is 3.86. The molecule has 0 aromatic heterocycles. The molecule has 0 aliphatic rings. The molecule has 0 radical (unpaired) electrons. The third-order valence-corrected chi connectivity index (χ3v) is 18.1. The Morgan fingerprint density at radius 1 is 0.581 bits per heavy atom. The Bertz CT molecular complexity index is 918. The van der Waals surface area contributed by atoms with Crippen LogP contribution in [0.2, 0.25) is 29.6 Å². The molecule has 1 unspecified atom stereocenters. The molecule has 3 aromatic carbocycles. The van der Waals surface area contributed by atoms with Crippen molar-refractivity contribution in [2.24, 2.45) is 0 Å². The zero-order valence-electron chi connectivity index (χ0n) is 20.7. The standard InChI is InChI=1S/C22H21N.6CH3.2Sn/c1-3-18(2)19-14-16-22(17-15-19)23(20-10-6-4-7-11-20)21-12-8-5-9-13-21;;;;;;;;/h6-18H,3H2,1-2H3;6*1H3;;. The maximum atomic E-state index is 2.48. The summed E-state index contributed by atoms with van der Waals surface area (Å²) in [5.41, 5.74) is 5.12. The van der Waals surface area contributed by atoms with Gasteiger partial charge in [0.15, 0.2) is 0 Å². The molecule has 31 heavy (non-hydrogen) atoms. The number of hydrogen-bond donors (Lipinski definition) is 0. The van der Waals surface area contributed by atoms with E-state index in [-0.39, 0.29) is 0 Å². The Labute approximate surface area is 198 Å². The fourth-order valence-corrected chi connectivity index (χ4v) is 10.5. The normalized spacial score (nSPS) is 13.2. The van der Waals surface area contributed by atoms with Crippen molar-refractivity contribution in [2.45, 2.75) is 55.8 Å². The molecular weight excluding hydrogens is 588 g/mol. The van der Waals surface area contributed by atoms with Crippen LogP contribution in [-0.2, 0) is 0 Å². The van der Waals surface area contributed by atoms with Crippen molar-refractivity contribution < 1.29 is 0 Å².